The van der Waals surface area contributed by atoms with E-state index in [4.69, 9.17) is 9.05 Å². The second-order valence-electron chi connectivity index (χ2n) is 8.91. The number of rotatable bonds is 8. The molecule has 170 valence electrons. The molecule has 1 aliphatic rings. The Hall–Kier alpha value is -1.88. The molecule has 6 nitrogen and oxygen atoms in total. The van der Waals surface area contributed by atoms with Gasteiger partial charge in [-0.3, -0.25) is 4.57 Å². The van der Waals surface area contributed by atoms with Crippen molar-refractivity contribution in [2.24, 2.45) is 0 Å². The molecule has 31 heavy (non-hydrogen) atoms. The highest BCUT2D eigenvalue weighted by Crippen LogP contribution is 2.62. The van der Waals surface area contributed by atoms with Gasteiger partial charge in [-0.1, -0.05) is 26.8 Å². The zero-order valence-electron chi connectivity index (χ0n) is 19.3. The molecule has 0 saturated heterocycles. The number of aromatic hydroxyl groups is 1. The van der Waals surface area contributed by atoms with E-state index in [-0.39, 0.29) is 18.6 Å². The van der Waals surface area contributed by atoms with Crippen LogP contribution in [0, 0.1) is 0 Å². The van der Waals surface area contributed by atoms with E-state index in [0.29, 0.717) is 11.6 Å². The fourth-order valence-electron chi connectivity index (χ4n) is 4.24. The van der Waals surface area contributed by atoms with Crippen molar-refractivity contribution < 1.29 is 18.7 Å². The fraction of sp³-hybridized carbons (Fsp3) is 0.542. The Bertz CT molecular complexity index is 931. The summed E-state index contributed by atoms with van der Waals surface area (Å²) in [6, 6.07) is 7.55. The lowest BCUT2D eigenvalue weighted by atomic mass is 9.79. The SMILES string of the molecule is CCOP(=O)(OCC)C(Nc1ccccn1)c1cc(C(C)(C)C)c(O)c2c1CCCC2. The summed E-state index contributed by atoms with van der Waals surface area (Å²) >= 11 is 0. The van der Waals surface area contributed by atoms with Crippen LogP contribution in [-0.2, 0) is 31.9 Å². The number of phenolic OH excluding ortho intramolecular Hbond substituents is 1. The first-order valence-corrected chi connectivity index (χ1v) is 12.8. The molecule has 0 amide bonds. The third kappa shape index (κ3) is 5.14. The molecule has 2 aromatic rings. The Labute approximate surface area is 185 Å². The zero-order valence-corrected chi connectivity index (χ0v) is 20.2. The van der Waals surface area contributed by atoms with E-state index in [1.807, 2.05) is 38.1 Å². The van der Waals surface area contributed by atoms with Gasteiger partial charge in [0.25, 0.3) is 0 Å². The summed E-state index contributed by atoms with van der Waals surface area (Å²) < 4.78 is 25.6. The van der Waals surface area contributed by atoms with Crippen LogP contribution in [0.4, 0.5) is 5.82 Å². The predicted octanol–water partition coefficient (Wildman–Crippen LogP) is 6.34. The maximum Gasteiger partial charge on any atom is 0.357 e. The smallest absolute Gasteiger partial charge is 0.357 e. The molecule has 1 heterocycles. The molecular weight excluding hydrogens is 411 g/mol. The van der Waals surface area contributed by atoms with Gasteiger partial charge in [-0.2, -0.15) is 0 Å². The van der Waals surface area contributed by atoms with Crippen molar-refractivity contribution in [1.82, 2.24) is 4.98 Å². The van der Waals surface area contributed by atoms with E-state index in [2.05, 4.69) is 31.1 Å². The maximum absolute atomic E-state index is 14.1. The number of fused-ring (bicyclic) bond motifs is 1. The van der Waals surface area contributed by atoms with Gasteiger partial charge in [-0.25, -0.2) is 4.98 Å². The first-order chi connectivity index (χ1) is 14.7. The summed E-state index contributed by atoms with van der Waals surface area (Å²) in [7, 11) is -3.58. The van der Waals surface area contributed by atoms with Crippen LogP contribution in [0.5, 0.6) is 5.75 Å². The summed E-state index contributed by atoms with van der Waals surface area (Å²) in [5.74, 6) is 0.239. The number of aromatic nitrogens is 1. The highest BCUT2D eigenvalue weighted by atomic mass is 31.2. The number of pyridine rings is 1. The van der Waals surface area contributed by atoms with E-state index < -0.39 is 13.4 Å². The number of nitrogens with one attached hydrogen (secondary N) is 1. The summed E-state index contributed by atoms with van der Waals surface area (Å²) in [5.41, 5.74) is 3.44. The van der Waals surface area contributed by atoms with Gasteiger partial charge >= 0.3 is 7.60 Å². The van der Waals surface area contributed by atoms with Crippen molar-refractivity contribution in [2.75, 3.05) is 18.5 Å². The van der Waals surface area contributed by atoms with E-state index in [1.165, 1.54) is 0 Å². The van der Waals surface area contributed by atoms with Gasteiger partial charge in [0.1, 0.15) is 11.6 Å². The van der Waals surface area contributed by atoms with Gasteiger partial charge in [0, 0.05) is 6.20 Å². The lowest BCUT2D eigenvalue weighted by Gasteiger charge is -2.33. The molecule has 3 rings (SSSR count). The van der Waals surface area contributed by atoms with Crippen molar-refractivity contribution in [2.45, 2.75) is 71.5 Å². The highest BCUT2D eigenvalue weighted by molar-refractivity contribution is 7.54. The number of benzene rings is 1. The van der Waals surface area contributed by atoms with Gasteiger partial charge in [-0.05, 0) is 85.4 Å². The van der Waals surface area contributed by atoms with Gasteiger partial charge in [0.2, 0.25) is 0 Å². The molecule has 0 spiro atoms. The normalized spacial score (nSPS) is 15.4. The molecule has 7 heteroatoms. The molecule has 1 aromatic heterocycles. The number of hydrogen-bond acceptors (Lipinski definition) is 6. The number of phenols is 1. The summed E-state index contributed by atoms with van der Waals surface area (Å²) in [6.45, 7) is 10.4. The number of anilines is 1. The largest absolute Gasteiger partial charge is 0.507 e. The van der Waals surface area contributed by atoms with Gasteiger partial charge in [0.15, 0.2) is 5.78 Å². The van der Waals surface area contributed by atoms with E-state index in [9.17, 15) is 9.67 Å². The maximum atomic E-state index is 14.1. The van der Waals surface area contributed by atoms with Crippen LogP contribution in [0.1, 0.15) is 75.5 Å². The molecule has 0 saturated carbocycles. The average Bonchev–Trinajstić information content (AvgIpc) is 2.73. The standard InChI is InChI=1S/C24H35N2O4P/c1-6-29-31(28,30-7-2)23(26-21-14-10-11-15-25-21)19-16-20(24(3,4)5)22(27)18-13-9-8-12-17(18)19/h10-11,14-16,23,27H,6-9,12-13H2,1-5H3,(H,25,26). The molecule has 1 atom stereocenters. The molecule has 0 aliphatic heterocycles. The Morgan fingerprint density at radius 2 is 1.77 bits per heavy atom. The summed E-state index contributed by atoms with van der Waals surface area (Å²) in [5, 5.41) is 14.5. The minimum absolute atomic E-state index is 0.268. The summed E-state index contributed by atoms with van der Waals surface area (Å²) in [4.78, 5) is 4.39. The minimum Gasteiger partial charge on any atom is -0.507 e. The average molecular weight is 447 g/mol. The van der Waals surface area contributed by atoms with Crippen molar-refractivity contribution in [3.8, 4) is 5.75 Å². The molecule has 0 fully saturated rings. The lowest BCUT2D eigenvalue weighted by molar-refractivity contribution is 0.214. The Kier molecular flexibility index (Phi) is 7.46. The zero-order chi connectivity index (χ0) is 22.6. The third-order valence-electron chi connectivity index (χ3n) is 5.64. The topological polar surface area (TPSA) is 80.7 Å². The van der Waals surface area contributed by atoms with Crippen LogP contribution in [0.3, 0.4) is 0 Å². The molecular formula is C24H35N2O4P. The van der Waals surface area contributed by atoms with Gasteiger partial charge in [-0.15, -0.1) is 0 Å². The second kappa shape index (κ2) is 9.72. The van der Waals surface area contributed by atoms with E-state index in [1.54, 1.807) is 6.20 Å². The van der Waals surface area contributed by atoms with Crippen LogP contribution in [0.25, 0.3) is 0 Å². The predicted molar refractivity (Wildman–Crippen MR) is 125 cm³/mol. The van der Waals surface area contributed by atoms with Crippen molar-refractivity contribution in [3.63, 3.8) is 0 Å². The fourth-order valence-corrected chi connectivity index (χ4v) is 6.19. The molecule has 0 bridgehead atoms. The van der Waals surface area contributed by atoms with Crippen LogP contribution in [0.2, 0.25) is 0 Å². The highest BCUT2D eigenvalue weighted by Gasteiger charge is 2.40. The first kappa shape index (κ1) is 23.8. The quantitative estimate of drug-likeness (QED) is 0.461. The van der Waals surface area contributed by atoms with Crippen molar-refractivity contribution >= 4 is 13.4 Å². The van der Waals surface area contributed by atoms with Gasteiger partial charge < -0.3 is 19.5 Å². The summed E-state index contributed by atoms with van der Waals surface area (Å²) in [6.07, 6.45) is 5.38. The minimum atomic E-state index is -3.58. The molecule has 0 radical (unpaired) electrons. The lowest BCUT2D eigenvalue weighted by Crippen LogP contribution is -2.22. The second-order valence-corrected chi connectivity index (χ2v) is 11.0. The van der Waals surface area contributed by atoms with E-state index >= 15 is 0 Å². The van der Waals surface area contributed by atoms with Crippen LogP contribution >= 0.6 is 7.60 Å². The van der Waals surface area contributed by atoms with Crippen LogP contribution < -0.4 is 5.32 Å². The first-order valence-electron chi connectivity index (χ1n) is 11.2. The molecule has 1 aliphatic carbocycles. The van der Waals surface area contributed by atoms with E-state index in [0.717, 1.165) is 47.9 Å². The van der Waals surface area contributed by atoms with Crippen molar-refractivity contribution in [3.05, 3.63) is 52.7 Å². The Morgan fingerprint density at radius 1 is 1.13 bits per heavy atom. The molecule has 1 aromatic carbocycles. The van der Waals surface area contributed by atoms with Crippen molar-refractivity contribution in [1.29, 1.82) is 0 Å². The van der Waals surface area contributed by atoms with Crippen LogP contribution in [0.15, 0.2) is 30.5 Å². The Morgan fingerprint density at radius 3 is 2.32 bits per heavy atom. The Balaban J connectivity index is 2.26. The third-order valence-corrected chi connectivity index (χ3v) is 7.92. The number of hydrogen-bond donors (Lipinski definition) is 2. The molecule has 1 unspecified atom stereocenters. The number of nitrogens with zero attached hydrogens (tertiary/aromatic N) is 1. The van der Waals surface area contributed by atoms with Gasteiger partial charge in [0.05, 0.1) is 13.2 Å². The van der Waals surface area contributed by atoms with Crippen LogP contribution in [-0.4, -0.2) is 23.3 Å². The monoisotopic (exact) mass is 446 g/mol. The molecule has 2 N–H and O–H groups in total.